The van der Waals surface area contributed by atoms with Crippen molar-refractivity contribution in [3.63, 3.8) is 0 Å². The number of hydrogen-bond acceptors (Lipinski definition) is 4. The van der Waals surface area contributed by atoms with Gasteiger partial charge >= 0.3 is 0 Å². The van der Waals surface area contributed by atoms with Crippen LogP contribution in [-0.4, -0.2) is 35.5 Å². The van der Waals surface area contributed by atoms with Gasteiger partial charge in [0, 0.05) is 23.8 Å². The molecule has 2 N–H and O–H groups in total. The molecule has 0 radical (unpaired) electrons. The van der Waals surface area contributed by atoms with Crippen molar-refractivity contribution in [1.82, 2.24) is 10.3 Å². The van der Waals surface area contributed by atoms with Crippen molar-refractivity contribution in [2.45, 2.75) is 46.1 Å². The highest BCUT2D eigenvalue weighted by Crippen LogP contribution is 2.13. The first kappa shape index (κ1) is 17.8. The number of thioether (sulfide) groups is 1. The summed E-state index contributed by atoms with van der Waals surface area (Å²) in [4.78, 5) is 16.9. The fraction of sp³-hybridized carbons (Fsp3) is 0.625. The van der Waals surface area contributed by atoms with E-state index in [4.69, 9.17) is 0 Å². The number of pyridine rings is 1. The van der Waals surface area contributed by atoms with Crippen LogP contribution in [0.3, 0.4) is 0 Å². The van der Waals surface area contributed by atoms with Gasteiger partial charge in [0.05, 0.1) is 0 Å². The van der Waals surface area contributed by atoms with E-state index in [1.807, 2.05) is 26.0 Å². The molecule has 21 heavy (non-hydrogen) atoms. The zero-order valence-corrected chi connectivity index (χ0v) is 14.3. The van der Waals surface area contributed by atoms with Crippen LogP contribution < -0.4 is 10.6 Å². The average molecular weight is 309 g/mol. The molecular weight excluding hydrogens is 282 g/mol. The van der Waals surface area contributed by atoms with E-state index in [1.165, 1.54) is 0 Å². The average Bonchev–Trinajstić information content (AvgIpc) is 2.45. The van der Waals surface area contributed by atoms with Gasteiger partial charge in [0.2, 0.25) is 0 Å². The van der Waals surface area contributed by atoms with E-state index in [2.05, 4.69) is 28.8 Å². The number of carbonyl (C=O) groups is 1. The number of anilines is 1. The Hall–Kier alpha value is -1.23. The van der Waals surface area contributed by atoms with E-state index in [9.17, 15) is 4.79 Å². The van der Waals surface area contributed by atoms with Crippen LogP contribution in [0.15, 0.2) is 12.1 Å². The monoisotopic (exact) mass is 309 g/mol. The third-order valence-corrected chi connectivity index (χ3v) is 3.78. The second kappa shape index (κ2) is 9.66. The second-order valence-corrected chi connectivity index (χ2v) is 6.15. The maximum absolute atomic E-state index is 12.4. The predicted octanol–water partition coefficient (Wildman–Crippen LogP) is 3.34. The van der Waals surface area contributed by atoms with E-state index < -0.39 is 0 Å². The van der Waals surface area contributed by atoms with Gasteiger partial charge in [-0.2, -0.15) is 11.8 Å². The number of amides is 1. The highest BCUT2D eigenvalue weighted by molar-refractivity contribution is 7.98. The largest absolute Gasteiger partial charge is 0.370 e. The smallest absolute Gasteiger partial charge is 0.251 e. The van der Waals surface area contributed by atoms with Crippen LogP contribution in [0, 0.1) is 0 Å². The van der Waals surface area contributed by atoms with Crippen molar-refractivity contribution < 1.29 is 4.79 Å². The summed E-state index contributed by atoms with van der Waals surface area (Å²) in [5, 5.41) is 6.26. The highest BCUT2D eigenvalue weighted by Gasteiger charge is 2.12. The minimum absolute atomic E-state index is 0.0116. The summed E-state index contributed by atoms with van der Waals surface area (Å²) < 4.78 is 0. The quantitative estimate of drug-likeness (QED) is 0.734. The summed E-state index contributed by atoms with van der Waals surface area (Å²) in [5.74, 6) is 1.83. The van der Waals surface area contributed by atoms with Gasteiger partial charge in [-0.15, -0.1) is 0 Å². The molecule has 0 aliphatic carbocycles. The Bertz CT molecular complexity index is 427. The van der Waals surface area contributed by atoms with E-state index in [1.54, 1.807) is 11.8 Å². The lowest BCUT2D eigenvalue weighted by atomic mass is 10.1. The van der Waals surface area contributed by atoms with Crippen molar-refractivity contribution in [3.8, 4) is 0 Å². The molecule has 118 valence electrons. The first-order valence-corrected chi connectivity index (χ1v) is 9.04. The van der Waals surface area contributed by atoms with Crippen molar-refractivity contribution in [2.24, 2.45) is 0 Å². The van der Waals surface area contributed by atoms with Gasteiger partial charge in [-0.1, -0.05) is 13.3 Å². The number of nitrogens with zero attached hydrogens (tertiary/aromatic N) is 1. The normalized spacial score (nSPS) is 12.0. The van der Waals surface area contributed by atoms with Gasteiger partial charge in [0.25, 0.3) is 5.91 Å². The fourth-order valence-corrected chi connectivity index (χ4v) is 2.64. The van der Waals surface area contributed by atoms with E-state index in [0.717, 1.165) is 43.1 Å². The van der Waals surface area contributed by atoms with Crippen LogP contribution in [-0.2, 0) is 6.42 Å². The zero-order chi connectivity index (χ0) is 15.7. The Morgan fingerprint density at radius 3 is 2.76 bits per heavy atom. The summed E-state index contributed by atoms with van der Waals surface area (Å²) in [6, 6.07) is 3.93. The molecule has 0 spiro atoms. The fourth-order valence-electron chi connectivity index (χ4n) is 2.05. The summed E-state index contributed by atoms with van der Waals surface area (Å²) >= 11 is 1.80. The maximum Gasteiger partial charge on any atom is 0.251 e. The highest BCUT2D eigenvalue weighted by atomic mass is 32.2. The molecule has 1 aromatic rings. The number of rotatable bonds is 9. The SMILES string of the molecule is CCCc1cc(C(=O)NC(C)CCSC)cc(NCC)n1. The standard InChI is InChI=1S/C16H27N3OS/c1-5-7-14-10-13(11-15(19-14)17-6-2)16(20)18-12(3)8-9-21-4/h10-12H,5-9H2,1-4H3,(H,17,19)(H,18,20). The van der Waals surface area contributed by atoms with Crippen LogP contribution in [0.25, 0.3) is 0 Å². The lowest BCUT2D eigenvalue weighted by Gasteiger charge is -2.14. The third-order valence-electron chi connectivity index (χ3n) is 3.14. The van der Waals surface area contributed by atoms with E-state index in [-0.39, 0.29) is 11.9 Å². The Kier molecular flexibility index (Phi) is 8.20. The van der Waals surface area contributed by atoms with Gasteiger partial charge in [-0.25, -0.2) is 4.98 Å². The molecule has 0 bridgehead atoms. The molecule has 4 nitrogen and oxygen atoms in total. The molecule has 0 aliphatic rings. The molecule has 1 atom stereocenters. The Morgan fingerprint density at radius 2 is 2.14 bits per heavy atom. The summed E-state index contributed by atoms with van der Waals surface area (Å²) in [5.41, 5.74) is 1.67. The topological polar surface area (TPSA) is 54.0 Å². The summed E-state index contributed by atoms with van der Waals surface area (Å²) in [7, 11) is 0. The van der Waals surface area contributed by atoms with Gasteiger partial charge in [0.1, 0.15) is 5.82 Å². The van der Waals surface area contributed by atoms with Crippen LogP contribution in [0.1, 0.15) is 49.7 Å². The van der Waals surface area contributed by atoms with E-state index >= 15 is 0 Å². The molecule has 1 rings (SSSR count). The second-order valence-electron chi connectivity index (χ2n) is 5.17. The maximum atomic E-state index is 12.4. The molecule has 0 aliphatic heterocycles. The molecule has 1 unspecified atom stereocenters. The van der Waals surface area contributed by atoms with Gasteiger partial charge in [-0.3, -0.25) is 4.79 Å². The van der Waals surface area contributed by atoms with Gasteiger partial charge < -0.3 is 10.6 Å². The number of aromatic nitrogens is 1. The molecule has 0 aromatic carbocycles. The first-order chi connectivity index (χ1) is 10.1. The molecule has 1 amide bonds. The van der Waals surface area contributed by atoms with Gasteiger partial charge in [0.15, 0.2) is 0 Å². The summed E-state index contributed by atoms with van der Waals surface area (Å²) in [6.07, 6.45) is 4.98. The Labute approximate surface area is 132 Å². The molecule has 0 saturated heterocycles. The number of hydrogen-bond donors (Lipinski definition) is 2. The van der Waals surface area contributed by atoms with Crippen LogP contribution >= 0.6 is 11.8 Å². The zero-order valence-electron chi connectivity index (χ0n) is 13.5. The van der Waals surface area contributed by atoms with Gasteiger partial charge in [-0.05, 0) is 50.8 Å². The Morgan fingerprint density at radius 1 is 1.38 bits per heavy atom. The summed E-state index contributed by atoms with van der Waals surface area (Å²) in [6.45, 7) is 6.99. The van der Waals surface area contributed by atoms with Crippen LogP contribution in [0.5, 0.6) is 0 Å². The molecule has 0 fully saturated rings. The molecule has 1 heterocycles. The van der Waals surface area contributed by atoms with Crippen molar-refractivity contribution >= 4 is 23.5 Å². The molecular formula is C16H27N3OS. The minimum Gasteiger partial charge on any atom is -0.370 e. The first-order valence-electron chi connectivity index (χ1n) is 7.65. The lowest BCUT2D eigenvalue weighted by molar-refractivity contribution is 0.0939. The molecule has 0 saturated carbocycles. The molecule has 1 aromatic heterocycles. The van der Waals surface area contributed by atoms with Crippen molar-refractivity contribution in [1.29, 1.82) is 0 Å². The van der Waals surface area contributed by atoms with Crippen LogP contribution in [0.4, 0.5) is 5.82 Å². The third kappa shape index (κ3) is 6.38. The van der Waals surface area contributed by atoms with Crippen molar-refractivity contribution in [2.75, 3.05) is 23.9 Å². The Balaban J connectivity index is 2.81. The predicted molar refractivity (Wildman–Crippen MR) is 92.3 cm³/mol. The number of aryl methyl sites for hydroxylation is 1. The lowest BCUT2D eigenvalue weighted by Crippen LogP contribution is -2.33. The molecule has 5 heteroatoms. The number of carbonyl (C=O) groups excluding carboxylic acids is 1. The van der Waals surface area contributed by atoms with Crippen LogP contribution in [0.2, 0.25) is 0 Å². The minimum atomic E-state index is -0.0116. The van der Waals surface area contributed by atoms with Crippen molar-refractivity contribution in [3.05, 3.63) is 23.4 Å². The van der Waals surface area contributed by atoms with E-state index in [0.29, 0.717) is 5.56 Å². The number of nitrogens with one attached hydrogen (secondary N) is 2.